The van der Waals surface area contributed by atoms with E-state index in [1.165, 1.54) is 36.6 Å². The molecule has 162 valence electrons. The monoisotopic (exact) mass is 435 g/mol. The minimum absolute atomic E-state index is 0.0888. The molecule has 0 spiro atoms. The van der Waals surface area contributed by atoms with Gasteiger partial charge in [-0.25, -0.2) is 4.98 Å². The summed E-state index contributed by atoms with van der Waals surface area (Å²) in [5.74, 6) is 0.355. The minimum Gasteiger partial charge on any atom is -0.342 e. The Balaban J connectivity index is 1.68. The van der Waals surface area contributed by atoms with Crippen molar-refractivity contribution in [2.75, 3.05) is 12.8 Å². The predicted molar refractivity (Wildman–Crippen MR) is 127 cm³/mol. The molecule has 0 radical (unpaired) electrons. The van der Waals surface area contributed by atoms with Crippen LogP contribution in [-0.4, -0.2) is 39.2 Å². The van der Waals surface area contributed by atoms with Crippen LogP contribution in [0.1, 0.15) is 43.2 Å². The first-order valence-electron chi connectivity index (χ1n) is 10.9. The summed E-state index contributed by atoms with van der Waals surface area (Å²) in [6.07, 6.45) is 5.79. The van der Waals surface area contributed by atoms with E-state index in [-0.39, 0.29) is 17.2 Å². The Kier molecular flexibility index (Phi) is 6.46. The number of aromatic nitrogens is 2. The highest BCUT2D eigenvalue weighted by Gasteiger charge is 2.23. The van der Waals surface area contributed by atoms with Crippen molar-refractivity contribution in [1.29, 1.82) is 0 Å². The number of rotatable bonds is 5. The standard InChI is InChI=1S/C25H29N3O2S/c1-17-13-14-20(15-18(17)2)28-24(30)21-11-7-8-12-22(21)26-25(28)31-16-23(29)27(3)19-9-5-4-6-10-19/h7-8,11-15,19H,4-6,9-10,16H2,1-3H3. The SMILES string of the molecule is Cc1ccc(-n2c(SCC(=O)N(C)C3CCCCC3)nc3ccccc3c2=O)cc1C. The number of fused-ring (bicyclic) bond motifs is 1. The fourth-order valence-electron chi connectivity index (χ4n) is 4.20. The second kappa shape index (κ2) is 9.27. The Bertz CT molecular complexity index is 1170. The summed E-state index contributed by atoms with van der Waals surface area (Å²) in [6, 6.07) is 13.7. The quantitative estimate of drug-likeness (QED) is 0.423. The maximum Gasteiger partial charge on any atom is 0.266 e. The molecule has 1 aromatic heterocycles. The van der Waals surface area contributed by atoms with E-state index in [4.69, 9.17) is 4.98 Å². The molecule has 0 unspecified atom stereocenters. The lowest BCUT2D eigenvalue weighted by atomic mass is 9.94. The van der Waals surface area contributed by atoms with Crippen molar-refractivity contribution in [3.05, 3.63) is 63.9 Å². The summed E-state index contributed by atoms with van der Waals surface area (Å²) in [7, 11) is 1.91. The Labute approximate surface area is 187 Å². The molecule has 1 saturated carbocycles. The molecule has 3 aromatic rings. The second-order valence-electron chi connectivity index (χ2n) is 8.41. The molecule has 1 amide bonds. The van der Waals surface area contributed by atoms with Crippen molar-refractivity contribution in [2.24, 2.45) is 0 Å². The van der Waals surface area contributed by atoms with E-state index in [1.807, 2.05) is 55.3 Å². The van der Waals surface area contributed by atoms with Crippen molar-refractivity contribution < 1.29 is 4.79 Å². The molecule has 4 rings (SSSR count). The molecule has 0 bridgehead atoms. The van der Waals surface area contributed by atoms with Crippen LogP contribution in [0.3, 0.4) is 0 Å². The maximum absolute atomic E-state index is 13.4. The number of carbonyl (C=O) groups is 1. The van der Waals surface area contributed by atoms with Gasteiger partial charge in [-0.3, -0.25) is 14.2 Å². The number of carbonyl (C=O) groups excluding carboxylic acids is 1. The molecule has 1 heterocycles. The van der Waals surface area contributed by atoms with Gasteiger partial charge in [-0.05, 0) is 62.1 Å². The average molecular weight is 436 g/mol. The Morgan fingerprint density at radius 2 is 1.84 bits per heavy atom. The lowest BCUT2D eigenvalue weighted by molar-refractivity contribution is -0.129. The van der Waals surface area contributed by atoms with E-state index in [0.29, 0.717) is 22.1 Å². The topological polar surface area (TPSA) is 55.2 Å². The molecule has 1 fully saturated rings. The molecule has 1 aliphatic carbocycles. The van der Waals surface area contributed by atoms with E-state index in [2.05, 4.69) is 6.92 Å². The molecule has 2 aromatic carbocycles. The lowest BCUT2D eigenvalue weighted by Gasteiger charge is -2.31. The van der Waals surface area contributed by atoms with Crippen LogP contribution in [-0.2, 0) is 4.79 Å². The van der Waals surface area contributed by atoms with Gasteiger partial charge in [-0.15, -0.1) is 0 Å². The third-order valence-electron chi connectivity index (χ3n) is 6.33. The third-order valence-corrected chi connectivity index (χ3v) is 7.26. The number of hydrogen-bond acceptors (Lipinski definition) is 4. The van der Waals surface area contributed by atoms with Gasteiger partial charge < -0.3 is 4.90 Å². The predicted octanol–water partition coefficient (Wildman–Crippen LogP) is 4.89. The van der Waals surface area contributed by atoms with E-state index < -0.39 is 0 Å². The number of benzene rings is 2. The van der Waals surface area contributed by atoms with Gasteiger partial charge in [0, 0.05) is 13.1 Å². The average Bonchev–Trinajstić information content (AvgIpc) is 2.79. The van der Waals surface area contributed by atoms with Gasteiger partial charge in [-0.1, -0.05) is 49.2 Å². The van der Waals surface area contributed by atoms with Crippen molar-refractivity contribution in [3.63, 3.8) is 0 Å². The zero-order chi connectivity index (χ0) is 22.0. The fraction of sp³-hybridized carbons (Fsp3) is 0.400. The highest BCUT2D eigenvalue weighted by Crippen LogP contribution is 2.25. The molecular weight excluding hydrogens is 406 g/mol. The number of nitrogens with zero attached hydrogens (tertiary/aromatic N) is 3. The molecule has 6 heteroatoms. The van der Waals surface area contributed by atoms with E-state index >= 15 is 0 Å². The minimum atomic E-state index is -0.107. The lowest BCUT2D eigenvalue weighted by Crippen LogP contribution is -2.39. The number of para-hydroxylation sites is 1. The van der Waals surface area contributed by atoms with Crippen LogP contribution in [0, 0.1) is 13.8 Å². The van der Waals surface area contributed by atoms with Crippen LogP contribution in [0.4, 0.5) is 0 Å². The van der Waals surface area contributed by atoms with Gasteiger partial charge in [0.05, 0.1) is 22.3 Å². The van der Waals surface area contributed by atoms with Crippen molar-refractivity contribution in [1.82, 2.24) is 14.5 Å². The van der Waals surface area contributed by atoms with Gasteiger partial charge in [0.1, 0.15) is 0 Å². The summed E-state index contributed by atoms with van der Waals surface area (Å²) in [6.45, 7) is 4.09. The summed E-state index contributed by atoms with van der Waals surface area (Å²) in [4.78, 5) is 32.9. The molecule has 0 saturated heterocycles. The van der Waals surface area contributed by atoms with Crippen LogP contribution in [0.2, 0.25) is 0 Å². The Morgan fingerprint density at radius 1 is 1.10 bits per heavy atom. The molecule has 1 aliphatic rings. The van der Waals surface area contributed by atoms with Crippen LogP contribution in [0.15, 0.2) is 52.4 Å². The largest absolute Gasteiger partial charge is 0.342 e. The first-order chi connectivity index (χ1) is 15.0. The zero-order valence-corrected chi connectivity index (χ0v) is 19.2. The first-order valence-corrected chi connectivity index (χ1v) is 11.9. The van der Waals surface area contributed by atoms with Crippen LogP contribution >= 0.6 is 11.8 Å². The van der Waals surface area contributed by atoms with Gasteiger partial charge >= 0.3 is 0 Å². The molecule has 0 aliphatic heterocycles. The van der Waals surface area contributed by atoms with Crippen molar-refractivity contribution in [2.45, 2.75) is 57.1 Å². The van der Waals surface area contributed by atoms with E-state index in [9.17, 15) is 9.59 Å². The van der Waals surface area contributed by atoms with Crippen molar-refractivity contribution >= 4 is 28.6 Å². The summed E-state index contributed by atoms with van der Waals surface area (Å²) < 4.78 is 1.65. The number of aryl methyl sites for hydroxylation is 2. The summed E-state index contributed by atoms with van der Waals surface area (Å²) in [5.41, 5.74) is 3.61. The van der Waals surface area contributed by atoms with Gasteiger partial charge in [0.25, 0.3) is 5.56 Å². The molecular formula is C25H29N3O2S. The summed E-state index contributed by atoms with van der Waals surface area (Å²) in [5, 5.41) is 1.13. The van der Waals surface area contributed by atoms with Crippen LogP contribution < -0.4 is 5.56 Å². The highest BCUT2D eigenvalue weighted by atomic mass is 32.2. The normalized spacial score (nSPS) is 14.7. The van der Waals surface area contributed by atoms with Gasteiger partial charge in [-0.2, -0.15) is 0 Å². The maximum atomic E-state index is 13.4. The molecule has 5 nitrogen and oxygen atoms in total. The molecule has 0 N–H and O–H groups in total. The van der Waals surface area contributed by atoms with Crippen molar-refractivity contribution in [3.8, 4) is 5.69 Å². The smallest absolute Gasteiger partial charge is 0.266 e. The number of hydrogen-bond donors (Lipinski definition) is 0. The van der Waals surface area contributed by atoms with E-state index in [1.54, 1.807) is 10.6 Å². The van der Waals surface area contributed by atoms with Gasteiger partial charge in [0.2, 0.25) is 5.91 Å². The van der Waals surface area contributed by atoms with Gasteiger partial charge in [0.15, 0.2) is 5.16 Å². The van der Waals surface area contributed by atoms with Crippen LogP contribution in [0.5, 0.6) is 0 Å². The highest BCUT2D eigenvalue weighted by molar-refractivity contribution is 7.99. The first kappa shape index (κ1) is 21.6. The Morgan fingerprint density at radius 3 is 2.58 bits per heavy atom. The zero-order valence-electron chi connectivity index (χ0n) is 18.4. The van der Waals surface area contributed by atoms with E-state index in [0.717, 1.165) is 24.1 Å². The number of thioether (sulfide) groups is 1. The number of amides is 1. The molecule has 0 atom stereocenters. The molecule has 31 heavy (non-hydrogen) atoms. The fourth-order valence-corrected chi connectivity index (χ4v) is 5.14. The second-order valence-corrected chi connectivity index (χ2v) is 9.35. The van der Waals surface area contributed by atoms with Crippen LogP contribution in [0.25, 0.3) is 16.6 Å². The third kappa shape index (κ3) is 4.54. The Hall–Kier alpha value is -2.60. The summed E-state index contributed by atoms with van der Waals surface area (Å²) >= 11 is 1.34.